The molecule has 125 heavy (non-hydrogen) atoms. The third-order valence-corrected chi connectivity index (χ3v) is 13.9. The van der Waals surface area contributed by atoms with Crippen molar-refractivity contribution in [1.82, 2.24) is 29.8 Å². The molecule has 0 bridgehead atoms. The van der Waals surface area contributed by atoms with E-state index in [1.807, 2.05) is 241 Å². The van der Waals surface area contributed by atoms with Crippen LogP contribution in [0.5, 0.6) is 0 Å². The van der Waals surface area contributed by atoms with Crippen LogP contribution in [0.2, 0.25) is 0 Å². The van der Waals surface area contributed by atoms with Gasteiger partial charge in [0.15, 0.2) is 11.6 Å². The molecule has 4 aliphatic rings. The zero-order chi connectivity index (χ0) is 92.7. The van der Waals surface area contributed by atoms with Crippen LogP contribution < -0.4 is 5.32 Å². The van der Waals surface area contributed by atoms with Gasteiger partial charge in [0.1, 0.15) is 13.2 Å². The van der Waals surface area contributed by atoms with E-state index in [-0.39, 0.29) is 128 Å². The average Bonchev–Trinajstić information content (AvgIpc) is 0.817. The van der Waals surface area contributed by atoms with Gasteiger partial charge in [-0.25, -0.2) is 0 Å². The molecule has 31 heteroatoms. The number of Topliss-reactive ketones (excluding diaryl/α,β-unsaturated/α-hetero) is 2. The molecule has 694 valence electrons. The fraction of sp³-hybridized carbons (Fsp3) is 0.426. The Bertz CT molecular complexity index is 2780. The minimum absolute atomic E-state index is 0. The fourth-order valence-electron chi connectivity index (χ4n) is 8.56. The van der Waals surface area contributed by atoms with Crippen molar-refractivity contribution in [3.63, 3.8) is 0 Å². The van der Waals surface area contributed by atoms with Crippen LogP contribution in [0.3, 0.4) is 0 Å². The molecule has 8 aromatic carbocycles. The van der Waals surface area contributed by atoms with Crippen LogP contribution in [0.1, 0.15) is 161 Å². The number of rotatable bonds is 12. The van der Waals surface area contributed by atoms with Gasteiger partial charge in [-0.05, 0) is 56.8 Å². The summed E-state index contributed by atoms with van der Waals surface area (Å²) in [6.07, 6.45) is 11.8. The molecule has 8 unspecified atom stereocenters. The van der Waals surface area contributed by atoms with Crippen LogP contribution in [0.25, 0.3) is 0 Å². The number of nitrogens with one attached hydrogen (secondary N) is 1. The van der Waals surface area contributed by atoms with Gasteiger partial charge < -0.3 is 44.9 Å². The van der Waals surface area contributed by atoms with Gasteiger partial charge in [-0.15, -0.1) is 62.5 Å². The number of aliphatic carboxylic acids is 1. The number of carbonyl (C=O) groups excluding carboxylic acids is 5. The summed E-state index contributed by atoms with van der Waals surface area (Å²) in [4.78, 5) is 69.9. The van der Waals surface area contributed by atoms with Crippen LogP contribution in [0, 0.1) is 0 Å². The molecule has 12 rings (SSSR count). The topological polar surface area (TPSA) is 191 Å². The average molecular weight is 2050 g/mol. The number of aliphatic hydroxyl groups is 2. The first-order valence-corrected chi connectivity index (χ1v) is 54.5. The Labute approximate surface area is 841 Å². The van der Waals surface area contributed by atoms with Gasteiger partial charge in [0.25, 0.3) is 5.97 Å². The predicted octanol–water partition coefficient (Wildman–Crippen LogP) is 21.2. The largest absolute Gasteiger partial charge is 0.520 e. The molecule has 4 aliphatic heterocycles. The first-order chi connectivity index (χ1) is 58.0. The molecular formula is C94H164B4N6O9P10Y2-2. The minimum Gasteiger partial charge on any atom is -0.520 e. The molecular weight excluding hydrogens is 1890 g/mol. The van der Waals surface area contributed by atoms with Crippen molar-refractivity contribution in [3.05, 3.63) is 290 Å². The monoisotopic (exact) mass is 2050 g/mol. The van der Waals surface area contributed by atoms with Crippen molar-refractivity contribution in [2.75, 3.05) is 91.8 Å². The fourth-order valence-corrected chi connectivity index (χ4v) is 8.56. The molecule has 4 N–H and O–H groups in total. The summed E-state index contributed by atoms with van der Waals surface area (Å²) < 4.78 is 0. The van der Waals surface area contributed by atoms with E-state index < -0.39 is 12.4 Å². The Hall–Kier alpha value is -2.45. The Morgan fingerprint density at radius 1 is 0.424 bits per heavy atom. The summed E-state index contributed by atoms with van der Waals surface area (Å²) in [7, 11) is 32.7. The molecule has 4 fully saturated rings. The molecule has 4 heterocycles. The summed E-state index contributed by atoms with van der Waals surface area (Å²) in [5.74, 6) is -1.05. The van der Waals surface area contributed by atoms with Crippen molar-refractivity contribution in [2.24, 2.45) is 0 Å². The summed E-state index contributed by atoms with van der Waals surface area (Å²) in [6, 6.07) is 92.9. The number of ketones is 2. The number of aliphatic hydroxyl groups excluding tert-OH is 2. The molecule has 8 atom stereocenters. The minimum atomic E-state index is -0.833. The molecule has 0 saturated carbocycles. The molecule has 15 nitrogen and oxygen atoms in total. The first-order valence-electron chi connectivity index (χ1n) is 41.0. The Morgan fingerprint density at radius 2 is 0.576 bits per heavy atom. The van der Waals surface area contributed by atoms with Gasteiger partial charge in [-0.3, -0.25) is 29.0 Å². The number of aryl methyl sites for hydroxylation is 3. The second-order valence-corrected chi connectivity index (χ2v) is 40.2. The molecule has 0 aromatic heterocycles. The predicted molar refractivity (Wildman–Crippen MR) is 584 cm³/mol. The molecule has 8 aromatic rings. The number of hydrogen-bond acceptors (Lipinski definition) is 11. The van der Waals surface area contributed by atoms with Gasteiger partial charge >= 0.3 is 0 Å². The SMILES string of the molecule is C.C.CC.CC.CC.CC(=O)CO.CC(=O)CO.CC(=O)N1CC(N2CCN([C-]=O)CC2)C1.CC(=O)O.CCC.CCCc1ccccc1.CCCc1ccccc1.CCCc1ccccc1.O=[C-]N1CCN(C2CNC2)CC1.P.PP.PP(P)P.PPP.[B]B([B])[B].[Y].[Y].c1ccccc1.c1ccccc1.c1ccccc1.c1ccccc1.c1ccccc1. The molecule has 0 spiro atoms. The maximum atomic E-state index is 11.0. The van der Waals surface area contributed by atoms with E-state index in [2.05, 4.69) is 226 Å². The van der Waals surface area contributed by atoms with E-state index in [0.717, 1.165) is 99.5 Å². The number of likely N-dealkylation sites (tertiary alicyclic amines) is 1. The number of carboxylic acids is 1. The Morgan fingerprint density at radius 3 is 0.696 bits per heavy atom. The van der Waals surface area contributed by atoms with Crippen LogP contribution >= 0.6 is 87.3 Å². The molecule has 3 amide bonds. The summed E-state index contributed by atoms with van der Waals surface area (Å²) in [5.41, 5.74) is 4.33. The maximum Gasteiger partial charge on any atom is 0.300 e. The van der Waals surface area contributed by atoms with E-state index >= 15 is 0 Å². The van der Waals surface area contributed by atoms with Gasteiger partial charge in [0.2, 0.25) is 5.91 Å². The normalized spacial score (nSPS) is 11.2. The summed E-state index contributed by atoms with van der Waals surface area (Å²) >= 11 is 0. The number of carbonyl (C=O) groups is 4. The number of benzene rings is 8. The number of hydrogen-bond donors (Lipinski definition) is 4. The van der Waals surface area contributed by atoms with Crippen molar-refractivity contribution in [1.29, 1.82) is 0 Å². The number of nitrogens with zero attached hydrogens (tertiary/aromatic N) is 5. The number of amides is 3. The van der Waals surface area contributed by atoms with E-state index in [1.165, 1.54) is 75.5 Å². The zero-order valence-corrected chi connectivity index (χ0v) is 94.2. The second kappa shape index (κ2) is 132. The van der Waals surface area contributed by atoms with Gasteiger partial charge in [-0.1, -0.05) is 398 Å². The van der Waals surface area contributed by atoms with Crippen molar-refractivity contribution < 1.29 is 110 Å². The molecule has 4 saturated heterocycles. The molecule has 0 aliphatic carbocycles. The van der Waals surface area contributed by atoms with E-state index in [9.17, 15) is 24.0 Å². The first kappa shape index (κ1) is 154. The van der Waals surface area contributed by atoms with E-state index in [4.69, 9.17) is 20.1 Å². The molecule has 8 radical (unpaired) electrons. The Balaban J connectivity index is -0.0000000880. The standard InChI is InChI=1S/C10H16N3O2.3C9H12.C8H14N3O.5C6H6.2C3H6O2.C3H8.C2H4O2.3C2H6.2CH4.B4.H6P4.H5P3.H4P2.H3P.2Y/c1-9(15)13-6-10(7-13)12-4-2-11(8-14)3-5-12;3*1-2-6-9-7-4-3-5-8-9;12-7-10-1-3-11(4-2-10)8-5-9-6-8;5*1-2-4-6-5-3-1;2*1-3(5)2-4;1-3-2;1-2(3)4;3*1-2;;;2*1-4(2)3;1-3-2;1-2;;;/h10H,2-7H2,1H3;3*3-5,7-8H,2,6H2,1H3;8-9H,1-6H2;5*1-6H;2*4H,2H2,1H3;3H2,1-2H3;1H3,(H,3,4);3*1-2H3;2*1H4;;1-3H2;3H,1-2H2;1-2H2;1H3;;/q-1;;;;-1;;;;;;;;;;;;;;;;;;;;;. The van der Waals surface area contributed by atoms with Crippen molar-refractivity contribution in [3.8, 4) is 0 Å². The van der Waals surface area contributed by atoms with Gasteiger partial charge in [0.05, 0.1) is 0 Å². The second-order valence-electron chi connectivity index (χ2n) is 24.2. The van der Waals surface area contributed by atoms with Gasteiger partial charge in [0, 0.05) is 199 Å². The van der Waals surface area contributed by atoms with E-state index in [0.29, 0.717) is 6.04 Å². The van der Waals surface area contributed by atoms with E-state index in [1.54, 1.807) is 16.7 Å². The van der Waals surface area contributed by atoms with Crippen LogP contribution in [-0.2, 0) is 113 Å². The van der Waals surface area contributed by atoms with Gasteiger partial charge in [-0.2, -0.15) is 22.7 Å². The van der Waals surface area contributed by atoms with Crippen LogP contribution in [0.15, 0.2) is 273 Å². The van der Waals surface area contributed by atoms with Crippen LogP contribution in [-0.4, -0.2) is 210 Å². The Kier molecular flexibility index (Phi) is 163. The van der Waals surface area contributed by atoms with Crippen LogP contribution in [0.4, 0.5) is 0 Å². The zero-order valence-electron chi connectivity index (χ0n) is 77.2. The smallest absolute Gasteiger partial charge is 0.300 e. The quantitative estimate of drug-likeness (QED) is 0.0515. The van der Waals surface area contributed by atoms with Crippen molar-refractivity contribution in [2.45, 2.75) is 176 Å². The summed E-state index contributed by atoms with van der Waals surface area (Å²) in [6.45, 7) is 38.7. The van der Waals surface area contributed by atoms with Crippen molar-refractivity contribution >= 4 is 153 Å². The maximum absolute atomic E-state index is 11.0. The number of carboxylic acid groups (broad SMARTS) is 1. The number of piperazine rings is 2. The third-order valence-electron chi connectivity index (χ3n) is 13.9. The summed E-state index contributed by atoms with van der Waals surface area (Å²) in [5, 5.41) is 26.3. The third kappa shape index (κ3) is 132.